The average molecular weight is 391 g/mol. The zero-order valence-corrected chi connectivity index (χ0v) is 16.3. The maximum absolute atomic E-state index is 12.4. The average Bonchev–Trinajstić information content (AvgIpc) is 2.48. The second-order valence-electron chi connectivity index (χ2n) is 6.43. The van der Waals surface area contributed by atoms with E-state index in [1.807, 2.05) is 6.92 Å². The zero-order chi connectivity index (χ0) is 19.3. The van der Waals surface area contributed by atoms with Crippen molar-refractivity contribution >= 4 is 33.5 Å². The molecule has 1 rings (SSSR count). The molecule has 1 aromatic rings. The van der Waals surface area contributed by atoms with Crippen LogP contribution in [0.25, 0.3) is 0 Å². The molecule has 0 aromatic heterocycles. The monoisotopic (exact) mass is 390 g/mol. The van der Waals surface area contributed by atoms with E-state index in [-0.39, 0.29) is 15.5 Å². The minimum absolute atomic E-state index is 0.0121. The molecule has 0 radical (unpaired) electrons. The molecule has 9 heteroatoms. The van der Waals surface area contributed by atoms with Gasteiger partial charge >= 0.3 is 5.97 Å². The summed E-state index contributed by atoms with van der Waals surface area (Å²) < 4.78 is 32.2. The molecule has 2 N–H and O–H groups in total. The summed E-state index contributed by atoms with van der Waals surface area (Å²) >= 11 is 5.96. The van der Waals surface area contributed by atoms with E-state index in [9.17, 15) is 18.0 Å². The van der Waals surface area contributed by atoms with Crippen LogP contribution < -0.4 is 10.0 Å². The van der Waals surface area contributed by atoms with E-state index in [1.54, 1.807) is 20.8 Å². The SMILES string of the molecule is CCCNC(=O)COC(=O)c1ccc(Cl)c(S(=O)(=O)NC(C)(C)C)c1. The molecule has 1 aromatic carbocycles. The second-order valence-corrected chi connectivity index (χ2v) is 8.48. The number of sulfonamides is 1. The van der Waals surface area contributed by atoms with E-state index >= 15 is 0 Å². The lowest BCUT2D eigenvalue weighted by atomic mass is 10.1. The van der Waals surface area contributed by atoms with Gasteiger partial charge < -0.3 is 10.1 Å². The van der Waals surface area contributed by atoms with Gasteiger partial charge in [-0.25, -0.2) is 17.9 Å². The van der Waals surface area contributed by atoms with Crippen molar-refractivity contribution < 1.29 is 22.7 Å². The van der Waals surface area contributed by atoms with Crippen molar-refractivity contribution in [2.75, 3.05) is 13.2 Å². The molecule has 0 bridgehead atoms. The number of ether oxygens (including phenoxy) is 1. The molecule has 1 amide bonds. The molecule has 0 aliphatic heterocycles. The highest BCUT2D eigenvalue weighted by molar-refractivity contribution is 7.89. The maximum atomic E-state index is 12.4. The van der Waals surface area contributed by atoms with Gasteiger partial charge in [0.2, 0.25) is 10.0 Å². The zero-order valence-electron chi connectivity index (χ0n) is 14.7. The molecule has 0 fully saturated rings. The van der Waals surface area contributed by atoms with Crippen LogP contribution >= 0.6 is 11.6 Å². The smallest absolute Gasteiger partial charge is 0.338 e. The van der Waals surface area contributed by atoms with Gasteiger partial charge in [-0.3, -0.25) is 4.79 Å². The van der Waals surface area contributed by atoms with Crippen LogP contribution in [-0.2, 0) is 19.6 Å². The molecule has 0 spiro atoms. The van der Waals surface area contributed by atoms with E-state index in [0.717, 1.165) is 12.5 Å². The lowest BCUT2D eigenvalue weighted by molar-refractivity contribution is -0.124. The predicted octanol–water partition coefficient (Wildman–Crippen LogP) is 2.10. The van der Waals surface area contributed by atoms with Crippen LogP contribution in [0.15, 0.2) is 23.1 Å². The molecule has 140 valence electrons. The maximum Gasteiger partial charge on any atom is 0.338 e. The summed E-state index contributed by atoms with van der Waals surface area (Å²) in [6.45, 7) is 7.00. The Labute approximate surface area is 153 Å². The van der Waals surface area contributed by atoms with E-state index < -0.39 is 34.0 Å². The van der Waals surface area contributed by atoms with Crippen LogP contribution in [0.2, 0.25) is 5.02 Å². The fourth-order valence-electron chi connectivity index (χ4n) is 1.82. The van der Waals surface area contributed by atoms with E-state index in [4.69, 9.17) is 16.3 Å². The first kappa shape index (κ1) is 21.4. The number of benzene rings is 1. The summed E-state index contributed by atoms with van der Waals surface area (Å²) in [6, 6.07) is 3.76. The van der Waals surface area contributed by atoms with Crippen molar-refractivity contribution in [2.45, 2.75) is 44.6 Å². The van der Waals surface area contributed by atoms with Crippen molar-refractivity contribution in [3.05, 3.63) is 28.8 Å². The predicted molar refractivity (Wildman–Crippen MR) is 95.1 cm³/mol. The largest absolute Gasteiger partial charge is 0.452 e. The third-order valence-corrected chi connectivity index (χ3v) is 5.04. The van der Waals surface area contributed by atoms with Crippen LogP contribution in [0, 0.1) is 0 Å². The Bertz CT molecular complexity index is 741. The number of esters is 1. The minimum atomic E-state index is -3.92. The molecule has 0 heterocycles. The molecule has 7 nitrogen and oxygen atoms in total. The quantitative estimate of drug-likeness (QED) is 0.694. The normalized spacial score (nSPS) is 11.9. The molecular weight excluding hydrogens is 368 g/mol. The second kappa shape index (κ2) is 8.64. The fraction of sp³-hybridized carbons (Fsp3) is 0.500. The van der Waals surface area contributed by atoms with Gasteiger partial charge in [-0.1, -0.05) is 18.5 Å². The van der Waals surface area contributed by atoms with E-state index in [1.165, 1.54) is 12.1 Å². The summed E-state index contributed by atoms with van der Waals surface area (Å²) in [5.41, 5.74) is -0.724. The van der Waals surface area contributed by atoms with Gasteiger partial charge in [0, 0.05) is 12.1 Å². The van der Waals surface area contributed by atoms with Gasteiger partial charge in [0.15, 0.2) is 6.61 Å². The van der Waals surface area contributed by atoms with Crippen molar-refractivity contribution in [2.24, 2.45) is 0 Å². The first-order chi connectivity index (χ1) is 11.5. The van der Waals surface area contributed by atoms with Crippen LogP contribution in [-0.4, -0.2) is 39.0 Å². The highest BCUT2D eigenvalue weighted by Gasteiger charge is 2.25. The number of carbonyl (C=O) groups excluding carboxylic acids is 2. The summed E-state index contributed by atoms with van der Waals surface area (Å²) in [7, 11) is -3.92. The molecule has 0 saturated carbocycles. The minimum Gasteiger partial charge on any atom is -0.452 e. The van der Waals surface area contributed by atoms with Gasteiger partial charge in [0.25, 0.3) is 5.91 Å². The standard InChI is InChI=1S/C16H23ClN2O5S/c1-5-8-18-14(20)10-24-15(21)11-6-7-12(17)13(9-11)25(22,23)19-16(2,3)4/h6-7,9,19H,5,8,10H2,1-4H3,(H,18,20). The van der Waals surface area contributed by atoms with Crippen LogP contribution in [0.4, 0.5) is 0 Å². The number of carbonyl (C=O) groups is 2. The molecule has 0 aliphatic carbocycles. The summed E-state index contributed by atoms with van der Waals surface area (Å²) in [5.74, 6) is -1.23. The number of rotatable bonds is 7. The van der Waals surface area contributed by atoms with E-state index in [2.05, 4.69) is 10.0 Å². The van der Waals surface area contributed by atoms with Crippen molar-refractivity contribution in [1.82, 2.24) is 10.0 Å². The Morgan fingerprint density at radius 3 is 2.44 bits per heavy atom. The number of hydrogen-bond acceptors (Lipinski definition) is 5. The lowest BCUT2D eigenvalue weighted by Crippen LogP contribution is -2.40. The van der Waals surface area contributed by atoms with Crippen LogP contribution in [0.1, 0.15) is 44.5 Å². The summed E-state index contributed by atoms with van der Waals surface area (Å²) in [4.78, 5) is 23.3. The van der Waals surface area contributed by atoms with Crippen LogP contribution in [0.3, 0.4) is 0 Å². The third kappa shape index (κ3) is 7.01. The van der Waals surface area contributed by atoms with Gasteiger partial charge in [0.05, 0.1) is 10.6 Å². The summed E-state index contributed by atoms with van der Waals surface area (Å²) in [5, 5.41) is 2.55. The van der Waals surface area contributed by atoms with Crippen molar-refractivity contribution in [3.8, 4) is 0 Å². The highest BCUT2D eigenvalue weighted by Crippen LogP contribution is 2.24. The molecular formula is C16H23ClN2O5S. The number of hydrogen-bond donors (Lipinski definition) is 2. The number of nitrogens with one attached hydrogen (secondary N) is 2. The van der Waals surface area contributed by atoms with Crippen LogP contribution in [0.5, 0.6) is 0 Å². The molecule has 25 heavy (non-hydrogen) atoms. The first-order valence-corrected chi connectivity index (χ1v) is 9.59. The Balaban J connectivity index is 2.94. The molecule has 0 saturated heterocycles. The highest BCUT2D eigenvalue weighted by atomic mass is 35.5. The molecule has 0 atom stereocenters. The Morgan fingerprint density at radius 2 is 1.88 bits per heavy atom. The van der Waals surface area contributed by atoms with Crippen molar-refractivity contribution in [1.29, 1.82) is 0 Å². The lowest BCUT2D eigenvalue weighted by Gasteiger charge is -2.21. The Kier molecular flexibility index (Phi) is 7.40. The third-order valence-electron chi connectivity index (χ3n) is 2.80. The number of amides is 1. The molecule has 0 aliphatic rings. The van der Waals surface area contributed by atoms with Gasteiger partial charge in [-0.15, -0.1) is 0 Å². The Morgan fingerprint density at radius 1 is 1.24 bits per heavy atom. The fourth-order valence-corrected chi connectivity index (χ4v) is 3.77. The first-order valence-electron chi connectivity index (χ1n) is 7.73. The summed E-state index contributed by atoms with van der Waals surface area (Å²) in [6.07, 6.45) is 0.763. The van der Waals surface area contributed by atoms with Crippen molar-refractivity contribution in [3.63, 3.8) is 0 Å². The number of halogens is 1. The van der Waals surface area contributed by atoms with E-state index in [0.29, 0.717) is 6.54 Å². The van der Waals surface area contributed by atoms with Gasteiger partial charge in [-0.05, 0) is 45.4 Å². The topological polar surface area (TPSA) is 102 Å². The van der Waals surface area contributed by atoms with Gasteiger partial charge in [-0.2, -0.15) is 0 Å². The van der Waals surface area contributed by atoms with Gasteiger partial charge in [0.1, 0.15) is 4.90 Å². The Hall–Kier alpha value is -1.64. The molecule has 0 unspecified atom stereocenters.